The fraction of sp³-hybridized carbons (Fsp3) is 0.0556. The number of carbonyl (C=O) groups excluding carboxylic acids is 1. The van der Waals surface area contributed by atoms with Crippen LogP contribution in [0.3, 0.4) is 0 Å². The minimum absolute atomic E-state index is 0.216. The van der Waals surface area contributed by atoms with Crippen LogP contribution in [0.2, 0.25) is 0 Å². The summed E-state index contributed by atoms with van der Waals surface area (Å²) in [7, 11) is 0. The van der Waals surface area contributed by atoms with Gasteiger partial charge in [0, 0.05) is 6.54 Å². The molecule has 2 aromatic carbocycles. The fourth-order valence-electron chi connectivity index (χ4n) is 2.58. The van der Waals surface area contributed by atoms with E-state index in [2.05, 4.69) is 25.3 Å². The minimum Gasteiger partial charge on any atom is -0.347 e. The molecule has 6 nitrogen and oxygen atoms in total. The van der Waals surface area contributed by atoms with Gasteiger partial charge in [-0.25, -0.2) is 9.97 Å². The molecule has 0 atom stereocenters. The van der Waals surface area contributed by atoms with Crippen molar-refractivity contribution >= 4 is 16.9 Å². The van der Waals surface area contributed by atoms with Gasteiger partial charge in [-0.1, -0.05) is 42.5 Å². The Bertz CT molecular complexity index is 954. The highest BCUT2D eigenvalue weighted by Crippen LogP contribution is 2.21. The first-order chi connectivity index (χ1) is 11.8. The van der Waals surface area contributed by atoms with Gasteiger partial charge in [0.25, 0.3) is 5.91 Å². The molecule has 0 bridgehead atoms. The number of nitrogens with zero attached hydrogens (tertiary/aromatic N) is 2. The lowest BCUT2D eigenvalue weighted by Crippen LogP contribution is -2.23. The molecule has 0 saturated heterocycles. The lowest BCUT2D eigenvalue weighted by molar-refractivity contribution is 0.0947. The highest BCUT2D eigenvalue weighted by Gasteiger charge is 2.18. The number of hydrogen-bond donors (Lipinski definition) is 3. The quantitative estimate of drug-likeness (QED) is 0.541. The number of amides is 1. The smallest absolute Gasteiger partial charge is 0.270 e. The van der Waals surface area contributed by atoms with Crippen molar-refractivity contribution in [3.8, 4) is 11.5 Å². The van der Waals surface area contributed by atoms with Gasteiger partial charge in [-0.05, 0) is 17.7 Å². The number of carbonyl (C=O) groups is 1. The van der Waals surface area contributed by atoms with E-state index in [0.717, 1.165) is 16.6 Å². The van der Waals surface area contributed by atoms with Crippen molar-refractivity contribution in [2.24, 2.45) is 0 Å². The lowest BCUT2D eigenvalue weighted by atomic mass is 10.2. The van der Waals surface area contributed by atoms with Gasteiger partial charge in [0.1, 0.15) is 11.4 Å². The zero-order valence-electron chi connectivity index (χ0n) is 12.8. The molecule has 0 spiro atoms. The zero-order valence-corrected chi connectivity index (χ0v) is 12.8. The van der Waals surface area contributed by atoms with Crippen molar-refractivity contribution in [1.29, 1.82) is 0 Å². The fourth-order valence-corrected chi connectivity index (χ4v) is 2.58. The molecule has 3 N–H and O–H groups in total. The van der Waals surface area contributed by atoms with Gasteiger partial charge in [-0.2, -0.15) is 0 Å². The number of rotatable bonds is 4. The predicted octanol–water partition coefficient (Wildman–Crippen LogP) is 2.88. The van der Waals surface area contributed by atoms with Gasteiger partial charge in [0.2, 0.25) is 0 Å². The number of imidazole rings is 2. The second-order valence-corrected chi connectivity index (χ2v) is 5.40. The van der Waals surface area contributed by atoms with E-state index in [1.807, 2.05) is 54.6 Å². The van der Waals surface area contributed by atoms with E-state index in [-0.39, 0.29) is 5.91 Å². The summed E-state index contributed by atoms with van der Waals surface area (Å²) < 4.78 is 0. The summed E-state index contributed by atoms with van der Waals surface area (Å²) in [6.07, 6.45) is 1.50. The maximum absolute atomic E-state index is 12.5. The normalized spacial score (nSPS) is 10.8. The van der Waals surface area contributed by atoms with Gasteiger partial charge >= 0.3 is 0 Å². The van der Waals surface area contributed by atoms with E-state index in [0.29, 0.717) is 23.8 Å². The molecule has 2 aromatic heterocycles. The van der Waals surface area contributed by atoms with Crippen LogP contribution in [0.1, 0.15) is 16.1 Å². The van der Waals surface area contributed by atoms with E-state index < -0.39 is 0 Å². The molecule has 0 aliphatic rings. The molecular weight excluding hydrogens is 302 g/mol. The lowest BCUT2D eigenvalue weighted by Gasteiger charge is -2.04. The summed E-state index contributed by atoms with van der Waals surface area (Å²) in [6.45, 7) is 0.457. The molecule has 4 aromatic rings. The monoisotopic (exact) mass is 317 g/mol. The minimum atomic E-state index is -0.216. The standard InChI is InChI=1S/C18H15N5O/c24-18(19-10-12-6-2-1-3-7-12)16-15(20-11-21-16)17-22-13-8-4-5-9-14(13)23-17/h1-9,11H,10H2,(H,19,24)(H,20,21)(H,22,23). The van der Waals surface area contributed by atoms with Crippen molar-refractivity contribution in [3.05, 3.63) is 72.2 Å². The average Bonchev–Trinajstić information content (AvgIpc) is 3.26. The number of para-hydroxylation sites is 2. The van der Waals surface area contributed by atoms with E-state index >= 15 is 0 Å². The number of fused-ring (bicyclic) bond motifs is 1. The van der Waals surface area contributed by atoms with E-state index in [4.69, 9.17) is 0 Å². The Morgan fingerprint density at radius 1 is 1.04 bits per heavy atom. The predicted molar refractivity (Wildman–Crippen MR) is 91.3 cm³/mol. The van der Waals surface area contributed by atoms with Crippen LogP contribution in [0.15, 0.2) is 60.9 Å². The van der Waals surface area contributed by atoms with Gasteiger partial charge in [-0.3, -0.25) is 4.79 Å². The first-order valence-corrected chi connectivity index (χ1v) is 7.62. The zero-order chi connectivity index (χ0) is 16.4. The van der Waals surface area contributed by atoms with Crippen LogP contribution >= 0.6 is 0 Å². The van der Waals surface area contributed by atoms with Crippen LogP contribution < -0.4 is 5.32 Å². The maximum Gasteiger partial charge on any atom is 0.270 e. The third kappa shape index (κ3) is 2.65. The Labute approximate surface area is 138 Å². The van der Waals surface area contributed by atoms with Crippen LogP contribution in [0.25, 0.3) is 22.6 Å². The molecule has 0 saturated carbocycles. The van der Waals surface area contributed by atoms with Crippen LogP contribution in [0, 0.1) is 0 Å². The molecule has 1 amide bonds. The largest absolute Gasteiger partial charge is 0.347 e. The number of aromatic nitrogens is 4. The molecule has 24 heavy (non-hydrogen) atoms. The van der Waals surface area contributed by atoms with Crippen LogP contribution in [0.4, 0.5) is 0 Å². The molecule has 0 radical (unpaired) electrons. The highest BCUT2D eigenvalue weighted by molar-refractivity contribution is 5.98. The van der Waals surface area contributed by atoms with Crippen molar-refractivity contribution in [2.75, 3.05) is 0 Å². The van der Waals surface area contributed by atoms with Crippen LogP contribution in [0.5, 0.6) is 0 Å². The molecule has 118 valence electrons. The van der Waals surface area contributed by atoms with Crippen molar-refractivity contribution < 1.29 is 4.79 Å². The Kier molecular flexibility index (Phi) is 3.55. The number of hydrogen-bond acceptors (Lipinski definition) is 3. The summed E-state index contributed by atoms with van der Waals surface area (Å²) in [5.41, 5.74) is 3.69. The Morgan fingerprint density at radius 3 is 2.67 bits per heavy atom. The molecule has 0 unspecified atom stereocenters. The van der Waals surface area contributed by atoms with E-state index in [1.165, 1.54) is 6.33 Å². The Hall–Kier alpha value is -3.41. The highest BCUT2D eigenvalue weighted by atomic mass is 16.1. The summed E-state index contributed by atoms with van der Waals surface area (Å²) >= 11 is 0. The number of H-pyrrole nitrogens is 2. The number of nitrogens with one attached hydrogen (secondary N) is 3. The van der Waals surface area contributed by atoms with Gasteiger partial charge < -0.3 is 15.3 Å². The first kappa shape index (κ1) is 14.2. The molecule has 2 heterocycles. The summed E-state index contributed by atoms with van der Waals surface area (Å²) in [4.78, 5) is 27.3. The summed E-state index contributed by atoms with van der Waals surface area (Å²) in [5, 5.41) is 2.89. The Balaban J connectivity index is 1.58. The third-order valence-corrected chi connectivity index (χ3v) is 3.78. The van der Waals surface area contributed by atoms with Crippen molar-refractivity contribution in [2.45, 2.75) is 6.54 Å². The maximum atomic E-state index is 12.5. The summed E-state index contributed by atoms with van der Waals surface area (Å²) in [5.74, 6) is 0.356. The first-order valence-electron chi connectivity index (χ1n) is 7.62. The van der Waals surface area contributed by atoms with Crippen molar-refractivity contribution in [1.82, 2.24) is 25.3 Å². The topological polar surface area (TPSA) is 86.5 Å². The van der Waals surface area contributed by atoms with Gasteiger partial charge in [0.05, 0.1) is 17.4 Å². The number of aromatic amines is 2. The van der Waals surface area contributed by atoms with Gasteiger partial charge in [-0.15, -0.1) is 0 Å². The molecule has 0 fully saturated rings. The van der Waals surface area contributed by atoms with Crippen molar-refractivity contribution in [3.63, 3.8) is 0 Å². The third-order valence-electron chi connectivity index (χ3n) is 3.78. The summed E-state index contributed by atoms with van der Waals surface area (Å²) in [6, 6.07) is 17.5. The second kappa shape index (κ2) is 6.00. The number of benzene rings is 2. The van der Waals surface area contributed by atoms with Crippen LogP contribution in [-0.2, 0) is 6.54 Å². The van der Waals surface area contributed by atoms with E-state index in [1.54, 1.807) is 0 Å². The van der Waals surface area contributed by atoms with Gasteiger partial charge in [0.15, 0.2) is 5.82 Å². The molecule has 0 aliphatic carbocycles. The SMILES string of the molecule is O=C(NCc1ccccc1)c1[nH]cnc1-c1nc2ccccc2[nH]1. The van der Waals surface area contributed by atoms with E-state index in [9.17, 15) is 4.79 Å². The molecule has 4 rings (SSSR count). The molecular formula is C18H15N5O. The molecule has 6 heteroatoms. The molecule has 0 aliphatic heterocycles. The Morgan fingerprint density at radius 2 is 1.83 bits per heavy atom. The second-order valence-electron chi connectivity index (χ2n) is 5.40. The average molecular weight is 317 g/mol. The van der Waals surface area contributed by atoms with Crippen LogP contribution in [-0.4, -0.2) is 25.8 Å².